The first-order valence-electron chi connectivity index (χ1n) is 12.8. The van der Waals surface area contributed by atoms with Crippen molar-refractivity contribution < 1.29 is 9.53 Å². The lowest BCUT2D eigenvalue weighted by atomic mass is 9.98. The molecule has 2 aromatic carbocycles. The van der Waals surface area contributed by atoms with Crippen LogP contribution in [0.3, 0.4) is 0 Å². The number of hydrazone groups is 1. The predicted octanol–water partition coefficient (Wildman–Crippen LogP) is 6.65. The van der Waals surface area contributed by atoms with Crippen LogP contribution in [-0.4, -0.2) is 38.1 Å². The maximum Gasteiger partial charge on any atom is 0.283 e. The number of carbonyl (C=O) groups excluding carboxylic acids is 1. The van der Waals surface area contributed by atoms with E-state index in [9.17, 15) is 4.79 Å². The van der Waals surface area contributed by atoms with Crippen LogP contribution in [0.25, 0.3) is 17.0 Å². The van der Waals surface area contributed by atoms with Gasteiger partial charge in [0.1, 0.15) is 17.4 Å². The standard InChI is InChI=1S/C29H31N5O2S/c1-4-10-26-32-34-27(30)23(28(35)31-29(34)37-26)17-20-18-33(24-13-8-6-12-22(20)24)15-16-36-25-14-9-7-11-21(25)19(3)5-2/h6-9,11-14,17-19,30H,4-5,10,15-16H2,1-3H3/b23-17+,30-27?/t19-/m0/s1. The largest absolute Gasteiger partial charge is 0.491 e. The molecule has 0 radical (unpaired) electrons. The van der Waals surface area contributed by atoms with Crippen molar-refractivity contribution in [2.45, 2.75) is 52.5 Å². The van der Waals surface area contributed by atoms with Gasteiger partial charge in [0.15, 0.2) is 5.84 Å². The Balaban J connectivity index is 1.40. The van der Waals surface area contributed by atoms with Crippen LogP contribution in [0.2, 0.25) is 0 Å². The molecule has 7 nitrogen and oxygen atoms in total. The van der Waals surface area contributed by atoms with Gasteiger partial charge in [-0.05, 0) is 60.7 Å². The van der Waals surface area contributed by atoms with E-state index in [1.807, 2.05) is 36.5 Å². The van der Waals surface area contributed by atoms with Crippen molar-refractivity contribution in [3.05, 3.63) is 71.4 Å². The van der Waals surface area contributed by atoms with Gasteiger partial charge in [-0.1, -0.05) is 57.2 Å². The molecule has 3 aromatic rings. The van der Waals surface area contributed by atoms with E-state index in [0.717, 1.165) is 46.5 Å². The number of aliphatic imine (C=N–C) groups is 1. The SMILES string of the molecule is CCCC1=NN2C(=N)/C(=C\c3cn(CCOc4ccccc4[C@@H](C)CC)c4ccccc34)C(=O)N=C2S1. The zero-order valence-corrected chi connectivity index (χ0v) is 22.2. The summed E-state index contributed by atoms with van der Waals surface area (Å²) in [6.07, 6.45) is 6.59. The molecular weight excluding hydrogens is 482 g/mol. The van der Waals surface area contributed by atoms with Crippen molar-refractivity contribution in [2.75, 3.05) is 6.61 Å². The average Bonchev–Trinajstić information content (AvgIpc) is 3.47. The third-order valence-corrected chi connectivity index (χ3v) is 7.70. The van der Waals surface area contributed by atoms with Gasteiger partial charge in [-0.25, -0.2) is 0 Å². The minimum absolute atomic E-state index is 0.0652. The maximum atomic E-state index is 12.9. The molecule has 0 aliphatic carbocycles. The zero-order chi connectivity index (χ0) is 25.9. The smallest absolute Gasteiger partial charge is 0.283 e. The molecule has 2 aliphatic heterocycles. The highest BCUT2D eigenvalue weighted by Crippen LogP contribution is 2.32. The van der Waals surface area contributed by atoms with E-state index in [2.05, 4.69) is 53.6 Å². The molecule has 0 saturated carbocycles. The van der Waals surface area contributed by atoms with Gasteiger partial charge in [-0.3, -0.25) is 10.2 Å². The molecule has 8 heteroatoms. The van der Waals surface area contributed by atoms with Crippen LogP contribution in [0.1, 0.15) is 57.1 Å². The summed E-state index contributed by atoms with van der Waals surface area (Å²) in [6, 6.07) is 16.3. The number of aromatic nitrogens is 1. The van der Waals surface area contributed by atoms with Crippen LogP contribution in [0.4, 0.5) is 0 Å². The van der Waals surface area contributed by atoms with E-state index in [-0.39, 0.29) is 11.4 Å². The van der Waals surface area contributed by atoms with Crippen molar-refractivity contribution in [1.82, 2.24) is 9.58 Å². The second-order valence-corrected chi connectivity index (χ2v) is 10.3. The average molecular weight is 514 g/mol. The van der Waals surface area contributed by atoms with E-state index >= 15 is 0 Å². The number of ether oxygens (including phenoxy) is 1. The Morgan fingerprint density at radius 2 is 1.92 bits per heavy atom. The molecular formula is C29H31N5O2S. The van der Waals surface area contributed by atoms with Crippen molar-refractivity contribution in [3.8, 4) is 5.75 Å². The molecule has 3 heterocycles. The molecule has 0 unspecified atom stereocenters. The molecule has 2 aliphatic rings. The molecule has 0 bridgehead atoms. The van der Waals surface area contributed by atoms with Gasteiger partial charge in [-0.15, -0.1) is 0 Å². The number of rotatable bonds is 9. The summed E-state index contributed by atoms with van der Waals surface area (Å²) in [5.74, 6) is 1.02. The Morgan fingerprint density at radius 3 is 2.73 bits per heavy atom. The minimum atomic E-state index is -0.404. The second-order valence-electron chi connectivity index (χ2n) is 9.25. The Kier molecular flexibility index (Phi) is 7.28. The fourth-order valence-electron chi connectivity index (χ4n) is 4.57. The number of hydrogen-bond acceptors (Lipinski definition) is 5. The van der Waals surface area contributed by atoms with Crippen molar-refractivity contribution in [2.24, 2.45) is 10.1 Å². The van der Waals surface area contributed by atoms with Crippen LogP contribution in [-0.2, 0) is 11.3 Å². The zero-order valence-electron chi connectivity index (χ0n) is 21.4. The third kappa shape index (κ3) is 4.98. The third-order valence-electron chi connectivity index (χ3n) is 6.73. The number of thioether (sulfide) groups is 1. The van der Waals surface area contributed by atoms with Gasteiger partial charge in [0.2, 0.25) is 5.17 Å². The van der Waals surface area contributed by atoms with Gasteiger partial charge in [-0.2, -0.15) is 15.1 Å². The first kappa shape index (κ1) is 25.0. The number of nitrogens with zero attached hydrogens (tertiary/aromatic N) is 4. The summed E-state index contributed by atoms with van der Waals surface area (Å²) >= 11 is 1.37. The fraction of sp³-hybridized carbons (Fsp3) is 0.310. The van der Waals surface area contributed by atoms with E-state index in [1.165, 1.54) is 22.3 Å². The number of para-hydroxylation sites is 2. The van der Waals surface area contributed by atoms with Crippen LogP contribution in [0.15, 0.2) is 70.4 Å². The maximum absolute atomic E-state index is 12.9. The van der Waals surface area contributed by atoms with Gasteiger partial charge in [0, 0.05) is 22.7 Å². The summed E-state index contributed by atoms with van der Waals surface area (Å²) < 4.78 is 8.36. The Hall–Kier alpha value is -3.65. The van der Waals surface area contributed by atoms with E-state index < -0.39 is 5.91 Å². The molecule has 37 heavy (non-hydrogen) atoms. The Morgan fingerprint density at radius 1 is 1.14 bits per heavy atom. The minimum Gasteiger partial charge on any atom is -0.491 e. The molecule has 1 N–H and O–H groups in total. The number of benzene rings is 2. The molecule has 1 amide bonds. The molecule has 0 spiro atoms. The van der Waals surface area contributed by atoms with Crippen molar-refractivity contribution in [3.63, 3.8) is 0 Å². The van der Waals surface area contributed by atoms with Crippen LogP contribution in [0.5, 0.6) is 5.75 Å². The number of amides is 1. The summed E-state index contributed by atoms with van der Waals surface area (Å²) in [4.78, 5) is 17.1. The van der Waals surface area contributed by atoms with Gasteiger partial charge >= 0.3 is 0 Å². The number of amidine groups is 2. The van der Waals surface area contributed by atoms with Crippen molar-refractivity contribution in [1.29, 1.82) is 5.41 Å². The quantitative estimate of drug-likeness (QED) is 0.325. The Bertz CT molecular complexity index is 1450. The Labute approximate surface area is 221 Å². The summed E-state index contributed by atoms with van der Waals surface area (Å²) in [5.41, 5.74) is 3.39. The molecule has 190 valence electrons. The van der Waals surface area contributed by atoms with E-state index in [4.69, 9.17) is 10.1 Å². The topological polar surface area (TPSA) is 83.0 Å². The van der Waals surface area contributed by atoms with Crippen LogP contribution < -0.4 is 4.74 Å². The van der Waals surface area contributed by atoms with E-state index in [1.54, 1.807) is 6.08 Å². The lowest BCUT2D eigenvalue weighted by Crippen LogP contribution is -2.35. The summed E-state index contributed by atoms with van der Waals surface area (Å²) in [7, 11) is 0. The van der Waals surface area contributed by atoms with Crippen LogP contribution in [0, 0.1) is 5.41 Å². The monoisotopic (exact) mass is 513 g/mol. The van der Waals surface area contributed by atoms with Gasteiger partial charge in [0.25, 0.3) is 5.91 Å². The summed E-state index contributed by atoms with van der Waals surface area (Å²) in [6.45, 7) is 7.65. The van der Waals surface area contributed by atoms with Crippen molar-refractivity contribution >= 4 is 50.7 Å². The fourth-order valence-corrected chi connectivity index (χ4v) is 5.56. The number of nitrogens with one attached hydrogen (secondary N) is 1. The molecule has 1 atom stereocenters. The first-order chi connectivity index (χ1) is 18.0. The highest BCUT2D eigenvalue weighted by atomic mass is 32.2. The lowest BCUT2D eigenvalue weighted by molar-refractivity contribution is -0.114. The highest BCUT2D eigenvalue weighted by Gasteiger charge is 2.35. The van der Waals surface area contributed by atoms with Crippen LogP contribution >= 0.6 is 11.8 Å². The predicted molar refractivity (Wildman–Crippen MR) is 152 cm³/mol. The first-order valence-corrected chi connectivity index (χ1v) is 13.6. The molecule has 5 rings (SSSR count). The number of hydrogen-bond donors (Lipinski definition) is 1. The van der Waals surface area contributed by atoms with E-state index in [0.29, 0.717) is 24.2 Å². The van der Waals surface area contributed by atoms with Gasteiger partial charge < -0.3 is 9.30 Å². The number of fused-ring (bicyclic) bond motifs is 2. The second kappa shape index (κ2) is 10.8. The molecule has 0 fully saturated rings. The van der Waals surface area contributed by atoms with Gasteiger partial charge in [0.05, 0.1) is 12.1 Å². The molecule has 0 saturated heterocycles. The normalized spacial score (nSPS) is 17.3. The lowest BCUT2D eigenvalue weighted by Gasteiger charge is -2.20. The number of carbonyl (C=O) groups is 1. The highest BCUT2D eigenvalue weighted by molar-refractivity contribution is 8.26. The summed E-state index contributed by atoms with van der Waals surface area (Å²) in [5, 5.41) is 17.0. The molecule has 1 aromatic heterocycles.